The molecule has 0 bridgehead atoms. The van der Waals surface area contributed by atoms with Crippen LogP contribution in [0.3, 0.4) is 0 Å². The summed E-state index contributed by atoms with van der Waals surface area (Å²) in [5.41, 5.74) is 23.2. The summed E-state index contributed by atoms with van der Waals surface area (Å²) in [5, 5.41) is 7.73. The van der Waals surface area contributed by atoms with E-state index >= 15 is 0 Å². The van der Waals surface area contributed by atoms with E-state index in [0.29, 0.717) is 0 Å². The quantitative estimate of drug-likeness (QED) is 0.151. The number of nitrogens with zero attached hydrogens (tertiary/aromatic N) is 3. The third-order valence-corrected chi connectivity index (χ3v) is 15.2. The molecule has 0 saturated carbocycles. The molecular weight excluding hydrogens is 859 g/mol. The number of para-hydroxylation sites is 2. The van der Waals surface area contributed by atoms with Gasteiger partial charge in [0.25, 0.3) is 0 Å². The fourth-order valence-corrected chi connectivity index (χ4v) is 12.1. The van der Waals surface area contributed by atoms with Crippen LogP contribution in [0.15, 0.2) is 249 Å². The summed E-state index contributed by atoms with van der Waals surface area (Å²) in [5.74, 6) is 0. The number of hydrogen-bond acceptors (Lipinski definition) is 0. The monoisotopic (exact) mass is 903 g/mol. The first-order chi connectivity index (χ1) is 35.2. The van der Waals surface area contributed by atoms with E-state index in [2.05, 4.69) is 262 Å². The van der Waals surface area contributed by atoms with Crippen LogP contribution in [-0.4, -0.2) is 13.7 Å². The highest BCUT2D eigenvalue weighted by molar-refractivity contribution is 6.17. The van der Waals surface area contributed by atoms with Gasteiger partial charge in [0.2, 0.25) is 0 Å². The molecule has 332 valence electrons. The second-order valence-electron chi connectivity index (χ2n) is 19.2. The molecule has 0 spiro atoms. The van der Waals surface area contributed by atoms with Gasteiger partial charge in [-0.25, -0.2) is 0 Å². The van der Waals surface area contributed by atoms with Crippen LogP contribution in [0.1, 0.15) is 11.1 Å². The molecule has 0 N–H and O–H groups in total. The van der Waals surface area contributed by atoms with Gasteiger partial charge in [-0.1, -0.05) is 170 Å². The standard InChI is InChI=1S/C68H45N3/c1-5-17-44(18-6-1)48-31-33-63-59(40-48)57-25-13-15-27-61(57)69(63)55-36-50-29-30-51-37-56(70-62-28-16-14-26-58(62)60-41-49(32-34-64(60)70)45-19-7-2-8-20-45)43-66-68(51)67(50)65(42-55)71(66)54-38-52(46-21-9-3-10-22-46)35-53(39-54)47-23-11-4-12-24-47/h1-28,31-43H,29-30H2. The van der Waals surface area contributed by atoms with Crippen molar-refractivity contribution in [2.75, 3.05) is 0 Å². The zero-order chi connectivity index (χ0) is 46.6. The summed E-state index contributed by atoms with van der Waals surface area (Å²) in [6, 6.07) is 92.2. The number of rotatable bonds is 7. The molecule has 15 rings (SSSR count). The molecule has 3 aromatic heterocycles. The lowest BCUT2D eigenvalue weighted by molar-refractivity contribution is 0.962. The molecule has 0 radical (unpaired) electrons. The van der Waals surface area contributed by atoms with Gasteiger partial charge in [0, 0.05) is 49.4 Å². The molecule has 0 fully saturated rings. The first-order valence-electron chi connectivity index (χ1n) is 24.8. The lowest BCUT2D eigenvalue weighted by Gasteiger charge is -2.18. The summed E-state index contributed by atoms with van der Waals surface area (Å²) >= 11 is 0. The zero-order valence-electron chi connectivity index (χ0n) is 38.9. The number of aromatic nitrogens is 3. The van der Waals surface area contributed by atoms with E-state index in [1.165, 1.54) is 132 Å². The Morgan fingerprint density at radius 2 is 0.549 bits per heavy atom. The molecule has 0 unspecified atom stereocenters. The molecule has 1 aliphatic carbocycles. The van der Waals surface area contributed by atoms with Crippen molar-refractivity contribution in [3.8, 4) is 61.6 Å². The second kappa shape index (κ2) is 15.7. The zero-order valence-corrected chi connectivity index (χ0v) is 38.9. The summed E-state index contributed by atoms with van der Waals surface area (Å²) in [7, 11) is 0. The van der Waals surface area contributed by atoms with Crippen LogP contribution in [0.2, 0.25) is 0 Å². The van der Waals surface area contributed by atoms with Gasteiger partial charge in [0.05, 0.1) is 33.1 Å². The van der Waals surface area contributed by atoms with Gasteiger partial charge >= 0.3 is 0 Å². The van der Waals surface area contributed by atoms with Gasteiger partial charge in [0.1, 0.15) is 0 Å². The average Bonchev–Trinajstić information content (AvgIpc) is 4.08. The highest BCUT2D eigenvalue weighted by atomic mass is 15.0. The van der Waals surface area contributed by atoms with Gasteiger partial charge in [0.15, 0.2) is 0 Å². The van der Waals surface area contributed by atoms with Crippen molar-refractivity contribution < 1.29 is 0 Å². The molecule has 71 heavy (non-hydrogen) atoms. The van der Waals surface area contributed by atoms with Crippen molar-refractivity contribution in [3.05, 3.63) is 260 Å². The minimum Gasteiger partial charge on any atom is -0.309 e. The van der Waals surface area contributed by atoms with Crippen LogP contribution in [0.5, 0.6) is 0 Å². The Labute approximate surface area is 411 Å². The van der Waals surface area contributed by atoms with Crippen LogP contribution in [0.25, 0.3) is 127 Å². The fourth-order valence-electron chi connectivity index (χ4n) is 12.1. The molecule has 14 aromatic rings. The second-order valence-corrected chi connectivity index (χ2v) is 19.2. The maximum Gasteiger partial charge on any atom is 0.0564 e. The predicted molar refractivity (Wildman–Crippen MR) is 299 cm³/mol. The Morgan fingerprint density at radius 3 is 0.972 bits per heavy atom. The fraction of sp³-hybridized carbons (Fsp3) is 0.0294. The van der Waals surface area contributed by atoms with Crippen molar-refractivity contribution in [1.82, 2.24) is 13.7 Å². The van der Waals surface area contributed by atoms with Gasteiger partial charge in [-0.2, -0.15) is 0 Å². The molecule has 1 aliphatic rings. The molecule has 0 amide bonds. The minimum atomic E-state index is 0.947. The number of hydrogen-bond donors (Lipinski definition) is 0. The van der Waals surface area contributed by atoms with Gasteiger partial charge in [-0.05, 0) is 147 Å². The van der Waals surface area contributed by atoms with E-state index in [-0.39, 0.29) is 0 Å². The molecule has 0 atom stereocenters. The first kappa shape index (κ1) is 39.8. The van der Waals surface area contributed by atoms with E-state index in [1.54, 1.807) is 0 Å². The summed E-state index contributed by atoms with van der Waals surface area (Å²) < 4.78 is 7.61. The summed E-state index contributed by atoms with van der Waals surface area (Å²) in [6.45, 7) is 0. The number of fused-ring (bicyclic) bond motifs is 6. The van der Waals surface area contributed by atoms with Crippen LogP contribution in [-0.2, 0) is 12.8 Å². The number of benzene rings is 11. The minimum absolute atomic E-state index is 0.947. The molecule has 3 heteroatoms. The Morgan fingerprint density at radius 1 is 0.211 bits per heavy atom. The highest BCUT2D eigenvalue weighted by Crippen LogP contribution is 2.46. The molecular formula is C68H45N3. The van der Waals surface area contributed by atoms with Crippen molar-refractivity contribution >= 4 is 65.4 Å². The molecule has 11 aromatic carbocycles. The molecule has 0 saturated heterocycles. The van der Waals surface area contributed by atoms with Gasteiger partial charge in [-0.15, -0.1) is 0 Å². The Hall–Kier alpha value is -9.18. The third-order valence-electron chi connectivity index (χ3n) is 15.2. The first-order valence-corrected chi connectivity index (χ1v) is 24.8. The topological polar surface area (TPSA) is 14.8 Å². The van der Waals surface area contributed by atoms with Crippen molar-refractivity contribution in [3.63, 3.8) is 0 Å². The SMILES string of the molecule is c1ccc(-c2cc(-c3ccccc3)cc(-n3c4cc(-n5c6ccccc6c6cc(-c7ccccc7)ccc65)cc5c4c4c(cc(-n6c7ccccc7c7cc(-c8ccccc8)ccc76)cc43)CC5)c2)cc1. The maximum absolute atomic E-state index is 2.59. The molecule has 3 heterocycles. The average molecular weight is 904 g/mol. The number of aryl methyl sites for hydroxylation is 2. The van der Waals surface area contributed by atoms with Crippen molar-refractivity contribution in [1.29, 1.82) is 0 Å². The van der Waals surface area contributed by atoms with E-state index in [0.717, 1.165) is 18.5 Å². The Bertz CT molecular complexity index is 4140. The summed E-state index contributed by atoms with van der Waals surface area (Å²) in [6.07, 6.45) is 1.89. The van der Waals surface area contributed by atoms with Crippen molar-refractivity contribution in [2.45, 2.75) is 12.8 Å². The third kappa shape index (κ3) is 6.23. The molecule has 3 nitrogen and oxygen atoms in total. The van der Waals surface area contributed by atoms with Gasteiger partial charge < -0.3 is 13.7 Å². The van der Waals surface area contributed by atoms with Crippen LogP contribution in [0.4, 0.5) is 0 Å². The summed E-state index contributed by atoms with van der Waals surface area (Å²) in [4.78, 5) is 0. The normalized spacial score (nSPS) is 12.4. The van der Waals surface area contributed by atoms with Crippen molar-refractivity contribution in [2.24, 2.45) is 0 Å². The molecule has 0 aliphatic heterocycles. The Kier molecular flexibility index (Phi) is 8.78. The van der Waals surface area contributed by atoms with E-state index < -0.39 is 0 Å². The van der Waals surface area contributed by atoms with Crippen LogP contribution >= 0.6 is 0 Å². The lowest BCUT2D eigenvalue weighted by Crippen LogP contribution is -2.03. The predicted octanol–water partition coefficient (Wildman–Crippen LogP) is 17.7. The van der Waals surface area contributed by atoms with E-state index in [9.17, 15) is 0 Å². The highest BCUT2D eigenvalue weighted by Gasteiger charge is 2.26. The van der Waals surface area contributed by atoms with Crippen LogP contribution < -0.4 is 0 Å². The Balaban J connectivity index is 1.04. The van der Waals surface area contributed by atoms with E-state index in [1.807, 2.05) is 0 Å². The largest absolute Gasteiger partial charge is 0.309 e. The smallest absolute Gasteiger partial charge is 0.0564 e. The van der Waals surface area contributed by atoms with Crippen LogP contribution in [0, 0.1) is 0 Å². The maximum atomic E-state index is 2.59. The van der Waals surface area contributed by atoms with E-state index in [4.69, 9.17) is 0 Å². The van der Waals surface area contributed by atoms with Gasteiger partial charge in [-0.3, -0.25) is 0 Å². The lowest BCUT2D eigenvalue weighted by atomic mass is 9.90.